The van der Waals surface area contributed by atoms with Crippen molar-refractivity contribution in [2.24, 2.45) is 5.41 Å². The predicted molar refractivity (Wildman–Crippen MR) is 112 cm³/mol. The van der Waals surface area contributed by atoms with E-state index < -0.39 is 34.3 Å². The average molecular weight is 420 g/mol. The molecule has 2 heterocycles. The van der Waals surface area contributed by atoms with E-state index in [2.05, 4.69) is 10.3 Å². The molecule has 0 bridgehead atoms. The number of carboxylic acid groups (broad SMARTS) is 1. The summed E-state index contributed by atoms with van der Waals surface area (Å²) >= 11 is 0. The number of nitrogens with zero attached hydrogens (tertiary/aromatic N) is 3. The van der Waals surface area contributed by atoms with Crippen LogP contribution in [-0.4, -0.2) is 38.2 Å². The number of carbonyl (C=O) groups excluding carboxylic acids is 1. The van der Waals surface area contributed by atoms with E-state index in [1.165, 1.54) is 30.7 Å². The van der Waals surface area contributed by atoms with Gasteiger partial charge < -0.3 is 20.1 Å². The maximum atomic E-state index is 13.0. The van der Waals surface area contributed by atoms with Crippen LogP contribution in [0.4, 0.5) is 0 Å². The van der Waals surface area contributed by atoms with Gasteiger partial charge in [-0.05, 0) is 25.5 Å². The molecule has 0 unspecified atom stereocenters. The molecule has 158 valence electrons. The van der Waals surface area contributed by atoms with Gasteiger partial charge in [-0.2, -0.15) is 5.26 Å². The van der Waals surface area contributed by atoms with E-state index in [4.69, 9.17) is 5.11 Å². The molecule has 0 saturated heterocycles. The minimum absolute atomic E-state index is 0.0171. The highest BCUT2D eigenvalue weighted by atomic mass is 16.4. The van der Waals surface area contributed by atoms with Crippen molar-refractivity contribution in [2.45, 2.75) is 20.4 Å². The van der Waals surface area contributed by atoms with Crippen molar-refractivity contribution < 1.29 is 19.8 Å². The molecule has 9 nitrogen and oxygen atoms in total. The van der Waals surface area contributed by atoms with Gasteiger partial charge in [-0.15, -0.1) is 0 Å². The molecular weight excluding hydrogens is 400 g/mol. The molecule has 2 aromatic heterocycles. The number of aromatic nitrogens is 2. The fourth-order valence-corrected chi connectivity index (χ4v) is 2.95. The standard InChI is InChI=1S/C22H20N4O5/c1-22(2,21(30)31)12-24-19(28)17-18(27)14-8-9-26(11-13-6-4-3-5-7-13)20(29)16(14)15(10-23)25-17/h3-9,27H,11-12H2,1-2H3,(H,24,28)(H,30,31). The lowest BCUT2D eigenvalue weighted by molar-refractivity contribution is -0.146. The lowest BCUT2D eigenvalue weighted by atomic mass is 9.94. The lowest BCUT2D eigenvalue weighted by Crippen LogP contribution is -2.39. The first-order valence-corrected chi connectivity index (χ1v) is 9.37. The number of fused-ring (bicyclic) bond motifs is 1. The summed E-state index contributed by atoms with van der Waals surface area (Å²) in [7, 11) is 0. The number of pyridine rings is 2. The van der Waals surface area contributed by atoms with Gasteiger partial charge >= 0.3 is 5.97 Å². The molecule has 9 heteroatoms. The van der Waals surface area contributed by atoms with E-state index in [0.717, 1.165) is 5.56 Å². The first kappa shape index (κ1) is 21.5. The topological polar surface area (TPSA) is 145 Å². The van der Waals surface area contributed by atoms with Crippen LogP contribution < -0.4 is 10.9 Å². The number of hydrogen-bond donors (Lipinski definition) is 3. The number of carboxylic acids is 1. The molecule has 0 aliphatic rings. The predicted octanol–water partition coefficient (Wildman–Crippen LogP) is 1.86. The van der Waals surface area contributed by atoms with Gasteiger partial charge in [-0.1, -0.05) is 30.3 Å². The van der Waals surface area contributed by atoms with Crippen LogP contribution in [0.15, 0.2) is 47.4 Å². The summed E-state index contributed by atoms with van der Waals surface area (Å²) in [5.74, 6) is -2.51. The van der Waals surface area contributed by atoms with E-state index in [-0.39, 0.29) is 29.6 Å². The van der Waals surface area contributed by atoms with Crippen LogP contribution in [0.25, 0.3) is 10.8 Å². The number of amides is 1. The Morgan fingerprint density at radius 1 is 1.23 bits per heavy atom. The van der Waals surface area contributed by atoms with Crippen LogP contribution >= 0.6 is 0 Å². The molecule has 0 aliphatic heterocycles. The summed E-state index contributed by atoms with van der Waals surface area (Å²) < 4.78 is 1.38. The number of nitrogens with one attached hydrogen (secondary N) is 1. The third-order valence-electron chi connectivity index (χ3n) is 4.89. The third-order valence-corrected chi connectivity index (χ3v) is 4.89. The van der Waals surface area contributed by atoms with Gasteiger partial charge in [-0.25, -0.2) is 4.98 Å². The van der Waals surface area contributed by atoms with Crippen molar-refractivity contribution in [3.8, 4) is 11.8 Å². The zero-order chi connectivity index (χ0) is 22.8. The first-order chi connectivity index (χ1) is 14.7. The summed E-state index contributed by atoms with van der Waals surface area (Å²) in [5.41, 5.74) is -1.66. The molecule has 3 rings (SSSR count). The fraction of sp³-hybridized carbons (Fsp3) is 0.227. The fourth-order valence-electron chi connectivity index (χ4n) is 2.95. The Morgan fingerprint density at radius 2 is 1.90 bits per heavy atom. The minimum Gasteiger partial charge on any atom is -0.505 e. The van der Waals surface area contributed by atoms with Crippen molar-refractivity contribution in [2.75, 3.05) is 6.54 Å². The van der Waals surface area contributed by atoms with Crippen molar-refractivity contribution in [3.05, 3.63) is 69.9 Å². The number of hydrogen-bond acceptors (Lipinski definition) is 6. The highest BCUT2D eigenvalue weighted by Crippen LogP contribution is 2.27. The van der Waals surface area contributed by atoms with Gasteiger partial charge in [-0.3, -0.25) is 14.4 Å². The second kappa shape index (κ2) is 8.28. The van der Waals surface area contributed by atoms with Crippen LogP contribution in [0.5, 0.6) is 5.75 Å². The molecule has 0 aliphatic carbocycles. The Bertz CT molecular complexity index is 1270. The molecule has 31 heavy (non-hydrogen) atoms. The second-order valence-electron chi connectivity index (χ2n) is 7.66. The number of aromatic hydroxyl groups is 1. The number of aliphatic carboxylic acids is 1. The monoisotopic (exact) mass is 420 g/mol. The van der Waals surface area contributed by atoms with E-state index in [0.29, 0.717) is 0 Å². The number of nitriles is 1. The molecular formula is C22H20N4O5. The van der Waals surface area contributed by atoms with Crippen molar-refractivity contribution in [3.63, 3.8) is 0 Å². The third kappa shape index (κ3) is 4.23. The van der Waals surface area contributed by atoms with Gasteiger partial charge in [0.25, 0.3) is 11.5 Å². The number of rotatable bonds is 6. The molecule has 0 atom stereocenters. The van der Waals surface area contributed by atoms with Crippen LogP contribution in [0.3, 0.4) is 0 Å². The Kier molecular flexibility index (Phi) is 5.75. The summed E-state index contributed by atoms with van der Waals surface area (Å²) in [6, 6.07) is 12.5. The quantitative estimate of drug-likeness (QED) is 0.552. The Balaban J connectivity index is 2.04. The average Bonchev–Trinajstić information content (AvgIpc) is 2.75. The van der Waals surface area contributed by atoms with Gasteiger partial charge in [0, 0.05) is 18.1 Å². The Hall–Kier alpha value is -4.19. The van der Waals surface area contributed by atoms with Crippen LogP contribution in [0.1, 0.15) is 35.6 Å². The summed E-state index contributed by atoms with van der Waals surface area (Å²) in [5, 5.41) is 31.6. The zero-order valence-corrected chi connectivity index (χ0v) is 16.9. The molecule has 1 aromatic carbocycles. The Morgan fingerprint density at radius 3 is 2.52 bits per heavy atom. The van der Waals surface area contributed by atoms with E-state index >= 15 is 0 Å². The van der Waals surface area contributed by atoms with E-state index in [1.807, 2.05) is 30.3 Å². The molecule has 0 radical (unpaired) electrons. The normalized spacial score (nSPS) is 11.1. The summed E-state index contributed by atoms with van der Waals surface area (Å²) in [6.07, 6.45) is 1.47. The van der Waals surface area contributed by atoms with Crippen LogP contribution in [0, 0.1) is 16.7 Å². The van der Waals surface area contributed by atoms with E-state index in [9.17, 15) is 24.8 Å². The maximum Gasteiger partial charge on any atom is 0.310 e. The van der Waals surface area contributed by atoms with Crippen molar-refractivity contribution in [1.82, 2.24) is 14.9 Å². The van der Waals surface area contributed by atoms with Crippen molar-refractivity contribution in [1.29, 1.82) is 5.26 Å². The lowest BCUT2D eigenvalue weighted by Gasteiger charge is -2.19. The van der Waals surface area contributed by atoms with Gasteiger partial charge in [0.1, 0.15) is 6.07 Å². The molecule has 0 spiro atoms. The Labute approximate surface area is 177 Å². The minimum atomic E-state index is -1.24. The first-order valence-electron chi connectivity index (χ1n) is 9.37. The maximum absolute atomic E-state index is 13.0. The smallest absolute Gasteiger partial charge is 0.310 e. The van der Waals surface area contributed by atoms with Gasteiger partial charge in [0.15, 0.2) is 17.1 Å². The van der Waals surface area contributed by atoms with Crippen LogP contribution in [0.2, 0.25) is 0 Å². The molecule has 3 aromatic rings. The van der Waals surface area contributed by atoms with E-state index in [1.54, 1.807) is 6.07 Å². The highest BCUT2D eigenvalue weighted by molar-refractivity contribution is 6.02. The van der Waals surface area contributed by atoms with Gasteiger partial charge in [0.05, 0.1) is 17.3 Å². The zero-order valence-electron chi connectivity index (χ0n) is 16.9. The van der Waals surface area contributed by atoms with Gasteiger partial charge in [0.2, 0.25) is 0 Å². The molecule has 1 amide bonds. The molecule has 0 saturated carbocycles. The van der Waals surface area contributed by atoms with Crippen LogP contribution in [-0.2, 0) is 11.3 Å². The highest BCUT2D eigenvalue weighted by Gasteiger charge is 2.29. The molecule has 3 N–H and O–H groups in total. The largest absolute Gasteiger partial charge is 0.505 e. The van der Waals surface area contributed by atoms with Crippen molar-refractivity contribution >= 4 is 22.6 Å². The number of benzene rings is 1. The summed E-state index contributed by atoms with van der Waals surface area (Å²) in [6.45, 7) is 2.90. The molecule has 0 fully saturated rings. The SMILES string of the molecule is CC(C)(CNC(=O)c1nc(C#N)c2c(=O)n(Cc3ccccc3)ccc2c1O)C(=O)O. The second-order valence-corrected chi connectivity index (χ2v) is 7.66. The number of carbonyl (C=O) groups is 2. The summed E-state index contributed by atoms with van der Waals surface area (Å²) in [4.78, 5) is 40.6.